The van der Waals surface area contributed by atoms with Gasteiger partial charge in [-0.3, -0.25) is 4.79 Å². The van der Waals surface area contributed by atoms with Crippen molar-refractivity contribution < 1.29 is 23.3 Å². The Labute approximate surface area is 138 Å². The van der Waals surface area contributed by atoms with Gasteiger partial charge in [0.15, 0.2) is 0 Å². The Morgan fingerprint density at radius 1 is 1.17 bits per heavy atom. The summed E-state index contributed by atoms with van der Waals surface area (Å²) in [5.74, 6) is 0.982. The minimum Gasteiger partial charge on any atom is -0.466 e. The molecule has 0 saturated carbocycles. The number of hydrogen-bond acceptors (Lipinski definition) is 5. The predicted octanol–water partition coefficient (Wildman–Crippen LogP) is 3.51. The summed E-state index contributed by atoms with van der Waals surface area (Å²) in [6, 6.07) is 3.83. The molecule has 1 atom stereocenters. The number of carbonyl (C=O) groups excluding carboxylic acids is 1. The smallest absolute Gasteiger partial charge is 0.466 e. The average Bonchev–Trinajstić information content (AvgIpc) is 2.99. The zero-order valence-electron chi connectivity index (χ0n) is 15.0. The number of aryl methyl sites for hydroxylation is 1. The lowest BCUT2D eigenvalue weighted by Gasteiger charge is -2.32. The Kier molecular flexibility index (Phi) is 5.26. The molecule has 2 heterocycles. The number of rotatable bonds is 6. The Morgan fingerprint density at radius 2 is 1.78 bits per heavy atom. The molecule has 0 bridgehead atoms. The lowest BCUT2D eigenvalue weighted by Crippen LogP contribution is -2.41. The van der Waals surface area contributed by atoms with E-state index in [4.69, 9.17) is 18.5 Å². The number of carbonyl (C=O) groups is 1. The fourth-order valence-corrected chi connectivity index (χ4v) is 2.57. The van der Waals surface area contributed by atoms with E-state index in [1.165, 1.54) is 0 Å². The molecule has 0 aliphatic carbocycles. The molecule has 2 rings (SSSR count). The summed E-state index contributed by atoms with van der Waals surface area (Å²) in [4.78, 5) is 12.0. The zero-order valence-corrected chi connectivity index (χ0v) is 15.0. The van der Waals surface area contributed by atoms with Crippen molar-refractivity contribution >= 4 is 13.1 Å². The molecule has 0 aromatic carbocycles. The first kappa shape index (κ1) is 18.1. The summed E-state index contributed by atoms with van der Waals surface area (Å²) < 4.78 is 23.2. The van der Waals surface area contributed by atoms with Crippen molar-refractivity contribution in [3.8, 4) is 0 Å². The Morgan fingerprint density at radius 3 is 2.26 bits per heavy atom. The van der Waals surface area contributed by atoms with Crippen LogP contribution >= 0.6 is 0 Å². The van der Waals surface area contributed by atoms with Crippen molar-refractivity contribution in [3.05, 3.63) is 23.7 Å². The van der Waals surface area contributed by atoms with Gasteiger partial charge in [0.2, 0.25) is 0 Å². The van der Waals surface area contributed by atoms with E-state index >= 15 is 0 Å². The first-order valence-corrected chi connectivity index (χ1v) is 8.30. The lowest BCUT2D eigenvalue weighted by molar-refractivity contribution is -0.143. The molecule has 0 N–H and O–H groups in total. The minimum atomic E-state index is -0.541. The summed E-state index contributed by atoms with van der Waals surface area (Å²) in [5.41, 5.74) is -0.907. The largest absolute Gasteiger partial charge is 0.469 e. The minimum absolute atomic E-state index is 0.168. The van der Waals surface area contributed by atoms with Gasteiger partial charge in [0.25, 0.3) is 0 Å². The van der Waals surface area contributed by atoms with Crippen LogP contribution in [0.4, 0.5) is 0 Å². The zero-order chi connectivity index (χ0) is 17.3. The monoisotopic (exact) mass is 322 g/mol. The van der Waals surface area contributed by atoms with E-state index < -0.39 is 18.3 Å². The van der Waals surface area contributed by atoms with Crippen molar-refractivity contribution in [1.82, 2.24) is 0 Å². The van der Waals surface area contributed by atoms with Gasteiger partial charge in [-0.05, 0) is 46.8 Å². The molecule has 1 saturated heterocycles. The Hall–Kier alpha value is -1.27. The molecule has 6 heteroatoms. The highest BCUT2D eigenvalue weighted by molar-refractivity contribution is 6.48. The van der Waals surface area contributed by atoms with E-state index in [2.05, 4.69) is 0 Å². The lowest BCUT2D eigenvalue weighted by atomic mass is 9.68. The molecule has 0 spiro atoms. The summed E-state index contributed by atoms with van der Waals surface area (Å²) >= 11 is 0. The molecule has 1 fully saturated rings. The van der Waals surface area contributed by atoms with Gasteiger partial charge >= 0.3 is 13.1 Å². The molecule has 1 aliphatic rings. The maximum atomic E-state index is 12.0. The highest BCUT2D eigenvalue weighted by atomic mass is 16.7. The van der Waals surface area contributed by atoms with Crippen LogP contribution < -0.4 is 0 Å². The molecule has 1 aromatic rings. The predicted molar refractivity (Wildman–Crippen MR) is 88.2 cm³/mol. The van der Waals surface area contributed by atoms with Gasteiger partial charge in [-0.15, -0.1) is 0 Å². The van der Waals surface area contributed by atoms with Crippen LogP contribution in [0.2, 0.25) is 0 Å². The second-order valence-corrected chi connectivity index (χ2v) is 6.90. The van der Waals surface area contributed by atoms with Crippen molar-refractivity contribution in [2.75, 3.05) is 6.61 Å². The van der Waals surface area contributed by atoms with Crippen molar-refractivity contribution in [1.29, 1.82) is 0 Å². The molecule has 5 nitrogen and oxygen atoms in total. The highest BCUT2D eigenvalue weighted by Gasteiger charge is 2.55. The summed E-state index contributed by atoms with van der Waals surface area (Å²) in [7, 11) is -0.541. The number of ether oxygens (including phenoxy) is 1. The van der Waals surface area contributed by atoms with Gasteiger partial charge in [-0.1, -0.05) is 6.92 Å². The molecule has 1 aromatic heterocycles. The van der Waals surface area contributed by atoms with Crippen LogP contribution in [0.25, 0.3) is 0 Å². The van der Waals surface area contributed by atoms with E-state index in [1.54, 1.807) is 6.92 Å². The maximum absolute atomic E-state index is 12.0. The number of hydrogen-bond donors (Lipinski definition) is 0. The van der Waals surface area contributed by atoms with E-state index in [9.17, 15) is 4.79 Å². The summed E-state index contributed by atoms with van der Waals surface area (Å²) in [6.45, 7) is 12.2. The number of furan rings is 1. The van der Waals surface area contributed by atoms with Gasteiger partial charge in [-0.2, -0.15) is 0 Å². The van der Waals surface area contributed by atoms with Gasteiger partial charge in [0.1, 0.15) is 11.5 Å². The summed E-state index contributed by atoms with van der Waals surface area (Å²) in [6.07, 6.45) is 0.969. The van der Waals surface area contributed by atoms with E-state index in [0.717, 1.165) is 12.2 Å². The van der Waals surface area contributed by atoms with Crippen LogP contribution in [-0.2, 0) is 25.3 Å². The van der Waals surface area contributed by atoms with Gasteiger partial charge < -0.3 is 18.5 Å². The van der Waals surface area contributed by atoms with Crippen LogP contribution in [0.3, 0.4) is 0 Å². The molecule has 1 unspecified atom stereocenters. The second-order valence-electron chi connectivity index (χ2n) is 6.90. The molecule has 0 radical (unpaired) electrons. The average molecular weight is 322 g/mol. The van der Waals surface area contributed by atoms with E-state index in [0.29, 0.717) is 12.4 Å². The first-order valence-electron chi connectivity index (χ1n) is 8.30. The Balaban J connectivity index is 2.25. The third-order valence-corrected chi connectivity index (χ3v) is 4.69. The standard InChI is InChI=1S/C17H27BO5/c1-7-12-9-10-14(21-12)13(11-15(19)20-8-2)18-22-16(3,4)17(5,6)23-18/h9-10,13H,7-8,11H2,1-6H3. The molecule has 1 aliphatic heterocycles. The van der Waals surface area contributed by atoms with Crippen LogP contribution in [0, 0.1) is 0 Å². The molecular formula is C17H27BO5. The molecule has 0 amide bonds. The highest BCUT2D eigenvalue weighted by Crippen LogP contribution is 2.42. The molecular weight excluding hydrogens is 295 g/mol. The second kappa shape index (κ2) is 6.69. The van der Waals surface area contributed by atoms with Gasteiger partial charge in [0.05, 0.1) is 30.0 Å². The first-order chi connectivity index (χ1) is 10.7. The number of esters is 1. The van der Waals surface area contributed by atoms with Crippen molar-refractivity contribution in [2.45, 2.75) is 71.4 Å². The maximum Gasteiger partial charge on any atom is 0.469 e. The van der Waals surface area contributed by atoms with Gasteiger partial charge in [-0.25, -0.2) is 0 Å². The van der Waals surface area contributed by atoms with Crippen molar-refractivity contribution in [2.24, 2.45) is 0 Å². The van der Waals surface area contributed by atoms with E-state index in [-0.39, 0.29) is 18.2 Å². The van der Waals surface area contributed by atoms with Crippen LogP contribution in [0.1, 0.15) is 65.3 Å². The molecule has 128 valence electrons. The van der Waals surface area contributed by atoms with Crippen LogP contribution in [-0.4, -0.2) is 30.9 Å². The Bertz CT molecular complexity index is 533. The third-order valence-electron chi connectivity index (χ3n) is 4.69. The quantitative estimate of drug-likeness (QED) is 0.592. The van der Waals surface area contributed by atoms with Crippen LogP contribution in [0.5, 0.6) is 0 Å². The van der Waals surface area contributed by atoms with Crippen LogP contribution in [0.15, 0.2) is 16.5 Å². The molecule has 23 heavy (non-hydrogen) atoms. The third kappa shape index (κ3) is 3.80. The summed E-state index contributed by atoms with van der Waals surface area (Å²) in [5, 5.41) is 0. The van der Waals surface area contributed by atoms with Crippen molar-refractivity contribution in [3.63, 3.8) is 0 Å². The fraction of sp³-hybridized carbons (Fsp3) is 0.706. The van der Waals surface area contributed by atoms with E-state index in [1.807, 2.05) is 46.8 Å². The normalized spacial score (nSPS) is 20.5. The SMILES string of the molecule is CCOC(=O)CC(B1OC(C)(C)C(C)(C)O1)c1ccc(CC)o1. The topological polar surface area (TPSA) is 57.9 Å². The fourth-order valence-electron chi connectivity index (χ4n) is 2.57. The van der Waals surface area contributed by atoms with Gasteiger partial charge in [0, 0.05) is 6.42 Å².